The number of halogens is 1. The van der Waals surface area contributed by atoms with Gasteiger partial charge in [-0.3, -0.25) is 4.79 Å². The summed E-state index contributed by atoms with van der Waals surface area (Å²) < 4.78 is 5.13. The molecule has 0 aliphatic carbocycles. The quantitative estimate of drug-likeness (QED) is 0.638. The molecule has 0 atom stereocenters. The first kappa shape index (κ1) is 15.0. The van der Waals surface area contributed by atoms with Crippen LogP contribution in [0.5, 0.6) is 5.75 Å². The van der Waals surface area contributed by atoms with E-state index in [0.29, 0.717) is 39.5 Å². The van der Waals surface area contributed by atoms with Crippen molar-refractivity contribution in [2.45, 2.75) is 0 Å². The monoisotopic (exact) mass is 289 g/mol. The zero-order valence-electron chi connectivity index (χ0n) is 10.7. The highest BCUT2D eigenvalue weighted by molar-refractivity contribution is 7.95. The van der Waals surface area contributed by atoms with E-state index in [4.69, 9.17) is 22.1 Å². The average Bonchev–Trinajstić information content (AvgIpc) is 2.31. The molecule has 3 N–H and O–H groups in total. The molecule has 18 heavy (non-hydrogen) atoms. The third-order valence-corrected chi connectivity index (χ3v) is 3.71. The molecule has 0 aliphatic heterocycles. The molecule has 1 amide bonds. The summed E-state index contributed by atoms with van der Waals surface area (Å²) in [6.07, 6.45) is 4.26. The van der Waals surface area contributed by atoms with Crippen molar-refractivity contribution in [1.82, 2.24) is 5.32 Å². The van der Waals surface area contributed by atoms with E-state index in [0.717, 1.165) is 5.75 Å². The van der Waals surface area contributed by atoms with Crippen LogP contribution < -0.4 is 15.8 Å². The molecular formula is C12H18ClN2O2S+. The number of nitrogens with one attached hydrogen (secondary N) is 1. The smallest absolute Gasteiger partial charge is 0.255 e. The van der Waals surface area contributed by atoms with E-state index in [1.165, 1.54) is 13.2 Å². The van der Waals surface area contributed by atoms with Crippen LogP contribution in [-0.4, -0.2) is 37.8 Å². The predicted octanol–water partition coefficient (Wildman–Crippen LogP) is 1.54. The Labute approximate surface area is 115 Å². The number of hydrogen-bond donors (Lipinski definition) is 2. The van der Waals surface area contributed by atoms with E-state index in [1.807, 2.05) is 0 Å². The Hall–Kier alpha value is -1.07. The van der Waals surface area contributed by atoms with Gasteiger partial charge in [-0.2, -0.15) is 0 Å². The maximum atomic E-state index is 12.0. The topological polar surface area (TPSA) is 64.3 Å². The van der Waals surface area contributed by atoms with Crippen LogP contribution in [0.3, 0.4) is 0 Å². The number of nitrogen functional groups attached to an aromatic ring is 1. The highest BCUT2D eigenvalue weighted by atomic mass is 35.5. The first-order valence-electron chi connectivity index (χ1n) is 5.41. The molecule has 1 rings (SSSR count). The molecule has 4 nitrogen and oxygen atoms in total. The summed E-state index contributed by atoms with van der Waals surface area (Å²) in [5.74, 6) is 1.19. The van der Waals surface area contributed by atoms with Gasteiger partial charge < -0.3 is 15.8 Å². The third-order valence-electron chi connectivity index (χ3n) is 2.36. The van der Waals surface area contributed by atoms with Gasteiger partial charge in [0.15, 0.2) is 0 Å². The molecule has 0 fully saturated rings. The summed E-state index contributed by atoms with van der Waals surface area (Å²) in [5, 5.41) is 3.19. The minimum atomic E-state index is -0.195. The minimum Gasteiger partial charge on any atom is -0.496 e. The molecule has 0 saturated carbocycles. The molecular weight excluding hydrogens is 272 g/mol. The maximum absolute atomic E-state index is 12.0. The van der Waals surface area contributed by atoms with Crippen LogP contribution in [0.1, 0.15) is 10.4 Å². The molecule has 0 aromatic heterocycles. The second-order valence-corrected chi connectivity index (χ2v) is 6.81. The van der Waals surface area contributed by atoms with Gasteiger partial charge in [0, 0.05) is 6.07 Å². The van der Waals surface area contributed by atoms with Crippen LogP contribution in [0, 0.1) is 0 Å². The summed E-state index contributed by atoms with van der Waals surface area (Å²) in [6.45, 7) is 0.639. The molecule has 100 valence electrons. The van der Waals surface area contributed by atoms with E-state index in [2.05, 4.69) is 17.8 Å². The van der Waals surface area contributed by atoms with Crippen molar-refractivity contribution >= 4 is 34.1 Å². The van der Waals surface area contributed by atoms with Gasteiger partial charge in [0.25, 0.3) is 5.91 Å². The lowest BCUT2D eigenvalue weighted by atomic mass is 10.1. The summed E-state index contributed by atoms with van der Waals surface area (Å²) in [5.41, 5.74) is 6.47. The van der Waals surface area contributed by atoms with E-state index in [1.54, 1.807) is 6.07 Å². The van der Waals surface area contributed by atoms with Crippen molar-refractivity contribution in [3.63, 3.8) is 0 Å². The van der Waals surface area contributed by atoms with Gasteiger partial charge >= 0.3 is 0 Å². The second-order valence-electron chi connectivity index (χ2n) is 4.02. The summed E-state index contributed by atoms with van der Waals surface area (Å²) in [6, 6.07) is 3.09. The van der Waals surface area contributed by atoms with Crippen LogP contribution in [-0.2, 0) is 10.9 Å². The maximum Gasteiger partial charge on any atom is 0.255 e. The van der Waals surface area contributed by atoms with Crippen molar-refractivity contribution in [2.24, 2.45) is 0 Å². The first-order chi connectivity index (χ1) is 8.45. The third kappa shape index (κ3) is 3.99. The number of amides is 1. The number of carbonyl (C=O) groups excluding carboxylic acids is 1. The van der Waals surface area contributed by atoms with Gasteiger partial charge in [0.05, 0.1) is 42.4 Å². The Morgan fingerprint density at radius 1 is 1.50 bits per heavy atom. The first-order valence-corrected chi connectivity index (χ1v) is 8.00. The molecule has 1 aromatic rings. The Morgan fingerprint density at radius 3 is 2.72 bits per heavy atom. The van der Waals surface area contributed by atoms with Crippen molar-refractivity contribution in [1.29, 1.82) is 0 Å². The van der Waals surface area contributed by atoms with E-state index in [9.17, 15) is 4.79 Å². The van der Waals surface area contributed by atoms with Crippen LogP contribution in [0.2, 0.25) is 5.02 Å². The molecule has 0 radical (unpaired) electrons. The molecule has 0 heterocycles. The summed E-state index contributed by atoms with van der Waals surface area (Å²) in [7, 11) is 1.80. The standard InChI is InChI=1S/C12H17ClN2O2S/c1-17-11-7-10(14)9(13)6-8(11)12(16)15-4-5-18(2)3/h6-7H,4-5H2,1-3H3,(H2-,14,15,16)/p+1. The normalized spacial score (nSPS) is 10.5. The number of methoxy groups -OCH3 is 1. The summed E-state index contributed by atoms with van der Waals surface area (Å²) >= 11 is 5.91. The van der Waals surface area contributed by atoms with Crippen LogP contribution >= 0.6 is 11.6 Å². The van der Waals surface area contributed by atoms with Gasteiger partial charge in [0.2, 0.25) is 0 Å². The number of benzene rings is 1. The SMILES string of the molecule is COc1cc(N)c(Cl)cc1C(=O)NCC[S+](C)C. The number of rotatable bonds is 5. The fraction of sp³-hybridized carbons (Fsp3) is 0.417. The minimum absolute atomic E-state index is 0.195. The number of anilines is 1. The largest absolute Gasteiger partial charge is 0.496 e. The molecule has 0 aliphatic rings. The molecule has 1 aromatic carbocycles. The Balaban J connectivity index is 2.81. The van der Waals surface area contributed by atoms with Crippen molar-refractivity contribution in [3.05, 3.63) is 22.7 Å². The zero-order chi connectivity index (χ0) is 13.7. The van der Waals surface area contributed by atoms with Crippen LogP contribution in [0.4, 0.5) is 5.69 Å². The van der Waals surface area contributed by atoms with Crippen molar-refractivity contribution in [3.8, 4) is 5.75 Å². The number of ether oxygens (including phenoxy) is 1. The lowest BCUT2D eigenvalue weighted by Gasteiger charge is -2.10. The van der Waals surface area contributed by atoms with Gasteiger partial charge in [0.1, 0.15) is 11.5 Å². The lowest BCUT2D eigenvalue weighted by Crippen LogP contribution is -2.29. The zero-order valence-corrected chi connectivity index (χ0v) is 12.3. The number of carbonyl (C=O) groups is 1. The van der Waals surface area contributed by atoms with Gasteiger partial charge in [-0.25, -0.2) is 0 Å². The molecule has 6 heteroatoms. The number of hydrogen-bond acceptors (Lipinski definition) is 3. The number of nitrogens with two attached hydrogens (primary N) is 1. The second kappa shape index (κ2) is 6.75. The lowest BCUT2D eigenvalue weighted by molar-refractivity contribution is 0.0953. The van der Waals surface area contributed by atoms with Crippen LogP contribution in [0.25, 0.3) is 0 Å². The van der Waals surface area contributed by atoms with Crippen molar-refractivity contribution in [2.75, 3.05) is 37.7 Å². The van der Waals surface area contributed by atoms with Gasteiger partial charge in [-0.15, -0.1) is 0 Å². The molecule has 0 unspecified atom stereocenters. The van der Waals surface area contributed by atoms with Gasteiger partial charge in [-0.1, -0.05) is 11.6 Å². The Morgan fingerprint density at radius 2 is 2.17 bits per heavy atom. The Kier molecular flexibility index (Phi) is 5.62. The average molecular weight is 290 g/mol. The van der Waals surface area contributed by atoms with Crippen molar-refractivity contribution < 1.29 is 9.53 Å². The summed E-state index contributed by atoms with van der Waals surface area (Å²) in [4.78, 5) is 12.0. The van der Waals surface area contributed by atoms with E-state index in [-0.39, 0.29) is 5.91 Å². The van der Waals surface area contributed by atoms with E-state index < -0.39 is 0 Å². The predicted molar refractivity (Wildman–Crippen MR) is 78.8 cm³/mol. The van der Waals surface area contributed by atoms with Crippen LogP contribution in [0.15, 0.2) is 12.1 Å². The molecule has 0 saturated heterocycles. The fourth-order valence-electron chi connectivity index (χ4n) is 1.38. The highest BCUT2D eigenvalue weighted by Crippen LogP contribution is 2.28. The van der Waals surface area contributed by atoms with Gasteiger partial charge in [-0.05, 0) is 17.0 Å². The Bertz CT molecular complexity index is 438. The highest BCUT2D eigenvalue weighted by Gasteiger charge is 2.15. The molecule has 0 spiro atoms. The molecule has 0 bridgehead atoms. The fourth-order valence-corrected chi connectivity index (χ4v) is 2.05. The van der Waals surface area contributed by atoms with E-state index >= 15 is 0 Å².